The largest absolute Gasteiger partial charge is 0.508 e. The SMILES string of the molecule is C#CCOCCOCCOCCNc1nc(N2CCN(C(=O)[C@@H](Cc3ccc(O)cc3)n3cc([C@@H](N)CC(C)C)nn3)CC2)nc(N2CCN(C(=O)[C@H](CCCCN)n3cc([C@@H](N)CC(C)C)nn3)CC2)n1. The Hall–Kier alpha value is -6.03. The molecule has 1 aromatic carbocycles. The van der Waals surface area contributed by atoms with Crippen LogP contribution in [0.3, 0.4) is 0 Å². The molecule has 0 unspecified atom stereocenters. The fraction of sp³-hybridized carbons (Fsp3) is 0.653. The van der Waals surface area contributed by atoms with Gasteiger partial charge in [-0.25, -0.2) is 9.36 Å². The predicted octanol–water partition coefficient (Wildman–Crippen LogP) is 2.10. The zero-order valence-electron chi connectivity index (χ0n) is 42.6. The highest BCUT2D eigenvalue weighted by Gasteiger charge is 2.34. The van der Waals surface area contributed by atoms with Crippen molar-refractivity contribution in [3.05, 3.63) is 53.6 Å². The van der Waals surface area contributed by atoms with Crippen molar-refractivity contribution in [2.75, 3.05) is 120 Å². The van der Waals surface area contributed by atoms with Gasteiger partial charge in [0.2, 0.25) is 29.7 Å². The molecule has 3 aromatic heterocycles. The van der Waals surface area contributed by atoms with Crippen LogP contribution in [-0.2, 0) is 30.2 Å². The van der Waals surface area contributed by atoms with Gasteiger partial charge in [-0.05, 0) is 68.2 Å². The fourth-order valence-corrected chi connectivity index (χ4v) is 8.68. The molecule has 0 aliphatic carbocycles. The molecule has 4 aromatic rings. The topological polar surface area (TPSA) is 285 Å². The Bertz CT molecular complexity index is 2290. The summed E-state index contributed by atoms with van der Waals surface area (Å²) in [5.41, 5.74) is 20.9. The normalized spacial score (nSPS) is 16.0. The third-order valence-corrected chi connectivity index (χ3v) is 12.6. The van der Waals surface area contributed by atoms with Gasteiger partial charge in [0, 0.05) is 65.3 Å². The number of rotatable bonds is 29. The molecule has 2 fully saturated rings. The Kier molecular flexibility index (Phi) is 21.7. The maximum Gasteiger partial charge on any atom is 0.247 e. The van der Waals surface area contributed by atoms with Crippen LogP contribution in [0.4, 0.5) is 17.8 Å². The minimum absolute atomic E-state index is 0.0291. The molecule has 0 bridgehead atoms. The lowest BCUT2D eigenvalue weighted by atomic mass is 10.0. The van der Waals surface area contributed by atoms with Crippen LogP contribution in [0.15, 0.2) is 36.7 Å². The second-order valence-electron chi connectivity index (χ2n) is 19.2. The van der Waals surface area contributed by atoms with E-state index in [1.807, 2.05) is 16.0 Å². The monoisotopic (exact) mass is 1000 g/mol. The van der Waals surface area contributed by atoms with Crippen molar-refractivity contribution >= 4 is 29.7 Å². The second kappa shape index (κ2) is 28.3. The van der Waals surface area contributed by atoms with Crippen LogP contribution < -0.4 is 32.3 Å². The van der Waals surface area contributed by atoms with Crippen molar-refractivity contribution in [1.82, 2.24) is 54.7 Å². The molecule has 4 atom stereocenters. The number of nitrogens with one attached hydrogen (secondary N) is 1. The quantitative estimate of drug-likeness (QED) is 0.0385. The minimum atomic E-state index is -0.691. The number of carbonyl (C=O) groups excluding carboxylic acids is 2. The fourth-order valence-electron chi connectivity index (χ4n) is 8.68. The lowest BCUT2D eigenvalue weighted by molar-refractivity contribution is -0.136. The van der Waals surface area contributed by atoms with Crippen molar-refractivity contribution in [3.63, 3.8) is 0 Å². The molecular formula is C49H77N17O6. The number of phenols is 1. The Balaban J connectivity index is 1.14. The van der Waals surface area contributed by atoms with Crippen molar-refractivity contribution in [3.8, 4) is 18.1 Å². The molecule has 0 spiro atoms. The number of terminal acetylenes is 1. The van der Waals surface area contributed by atoms with Crippen LogP contribution in [0.1, 0.15) is 101 Å². The molecule has 394 valence electrons. The van der Waals surface area contributed by atoms with Crippen LogP contribution in [0.2, 0.25) is 0 Å². The molecule has 0 saturated carbocycles. The Morgan fingerprint density at radius 1 is 0.708 bits per heavy atom. The van der Waals surface area contributed by atoms with Crippen LogP contribution in [0, 0.1) is 24.2 Å². The Morgan fingerprint density at radius 3 is 1.72 bits per heavy atom. The van der Waals surface area contributed by atoms with Gasteiger partial charge in [-0.3, -0.25) is 9.59 Å². The van der Waals surface area contributed by atoms with Crippen LogP contribution >= 0.6 is 0 Å². The summed E-state index contributed by atoms with van der Waals surface area (Å²) < 4.78 is 19.9. The Labute approximate surface area is 423 Å². The van der Waals surface area contributed by atoms with Gasteiger partial charge >= 0.3 is 0 Å². The molecule has 0 radical (unpaired) electrons. The van der Waals surface area contributed by atoms with E-state index in [0.29, 0.717) is 152 Å². The summed E-state index contributed by atoms with van der Waals surface area (Å²) in [6.07, 6.45) is 12.8. The third-order valence-electron chi connectivity index (χ3n) is 12.6. The predicted molar refractivity (Wildman–Crippen MR) is 273 cm³/mol. The molecule has 2 amide bonds. The second-order valence-corrected chi connectivity index (χ2v) is 19.2. The van der Waals surface area contributed by atoms with E-state index >= 15 is 0 Å². The lowest BCUT2D eigenvalue weighted by Crippen LogP contribution is -2.52. The number of unbranched alkanes of at least 4 members (excludes halogenated alkanes) is 1. The average Bonchev–Trinajstić information content (AvgIpc) is 4.08. The number of ether oxygens (including phenoxy) is 3. The number of aromatic hydroxyl groups is 1. The van der Waals surface area contributed by atoms with Crippen LogP contribution in [0.25, 0.3) is 0 Å². The number of benzene rings is 1. The minimum Gasteiger partial charge on any atom is -0.508 e. The van der Waals surface area contributed by atoms with Crippen molar-refractivity contribution in [2.45, 2.75) is 90.4 Å². The standard InChI is InChI=1S/C49H77N17O6/c1-6-24-70-26-28-72-29-27-71-25-15-53-47-54-48(63-20-16-61(17-21-63)45(68)43(9-7-8-14-50)65-33-41(57-59-65)39(51)30-35(2)3)56-49(55-47)64-22-18-62(19-23-64)46(69)44(32-37-10-12-38(67)13-11-37)66-34-42(58-60-66)40(52)31-36(4)5/h1,10-13,33-36,39-40,43-44,67H,7-9,14-32,50-52H2,2-5H3,(H,53,54,55,56)/t39-,40-,43-,44+/m0/s1. The number of aromatic nitrogens is 9. The molecule has 6 rings (SSSR count). The number of hydrogen-bond donors (Lipinski definition) is 5. The number of amides is 2. The Morgan fingerprint density at radius 2 is 1.21 bits per heavy atom. The molecular weight excluding hydrogens is 923 g/mol. The van der Waals surface area contributed by atoms with E-state index < -0.39 is 12.1 Å². The third kappa shape index (κ3) is 16.5. The molecule has 2 aliphatic rings. The molecule has 23 heteroatoms. The van der Waals surface area contributed by atoms with E-state index in [1.54, 1.807) is 39.8 Å². The summed E-state index contributed by atoms with van der Waals surface area (Å²) >= 11 is 0. The van der Waals surface area contributed by atoms with Gasteiger partial charge in [0.25, 0.3) is 0 Å². The van der Waals surface area contributed by atoms with E-state index in [9.17, 15) is 14.7 Å². The van der Waals surface area contributed by atoms with Gasteiger partial charge in [0.1, 0.15) is 24.4 Å². The summed E-state index contributed by atoms with van der Waals surface area (Å²) in [4.78, 5) is 51.3. The van der Waals surface area contributed by atoms with Gasteiger partial charge in [-0.15, -0.1) is 16.6 Å². The highest BCUT2D eigenvalue weighted by molar-refractivity contribution is 5.81. The van der Waals surface area contributed by atoms with E-state index in [4.69, 9.17) is 52.8 Å². The number of piperazine rings is 2. The first kappa shape index (κ1) is 55.3. The number of hydrogen-bond acceptors (Lipinski definition) is 19. The zero-order valence-corrected chi connectivity index (χ0v) is 42.6. The number of phenolic OH excluding ortho intramolecular Hbond substituents is 1. The van der Waals surface area contributed by atoms with Crippen molar-refractivity contribution in [1.29, 1.82) is 0 Å². The van der Waals surface area contributed by atoms with E-state index in [-0.39, 0.29) is 36.3 Å². The van der Waals surface area contributed by atoms with E-state index in [0.717, 1.165) is 31.2 Å². The molecule has 2 saturated heterocycles. The summed E-state index contributed by atoms with van der Waals surface area (Å²) in [6, 6.07) is 5.03. The highest BCUT2D eigenvalue weighted by atomic mass is 16.5. The van der Waals surface area contributed by atoms with Crippen molar-refractivity contribution < 1.29 is 28.9 Å². The molecule has 5 heterocycles. The summed E-state index contributed by atoms with van der Waals surface area (Å²) in [6.45, 7) is 15.2. The van der Waals surface area contributed by atoms with Gasteiger partial charge in [0.15, 0.2) is 0 Å². The number of anilines is 3. The van der Waals surface area contributed by atoms with Crippen LogP contribution in [0.5, 0.6) is 5.75 Å². The summed E-state index contributed by atoms with van der Waals surface area (Å²) in [5.74, 6) is 4.50. The number of nitrogens with two attached hydrogens (primary N) is 3. The first-order valence-corrected chi connectivity index (χ1v) is 25.4. The molecule has 8 N–H and O–H groups in total. The van der Waals surface area contributed by atoms with E-state index in [1.165, 1.54) is 0 Å². The lowest BCUT2D eigenvalue weighted by Gasteiger charge is -2.38. The molecule has 2 aliphatic heterocycles. The van der Waals surface area contributed by atoms with Gasteiger partial charge in [-0.1, -0.05) is 56.2 Å². The zero-order chi connectivity index (χ0) is 51.4. The molecule has 72 heavy (non-hydrogen) atoms. The molecule has 23 nitrogen and oxygen atoms in total. The van der Waals surface area contributed by atoms with Gasteiger partial charge in [-0.2, -0.15) is 15.0 Å². The maximum absolute atomic E-state index is 14.5. The first-order chi connectivity index (χ1) is 34.8. The average molecular weight is 1000 g/mol. The van der Waals surface area contributed by atoms with Gasteiger partial charge < -0.3 is 61.4 Å². The van der Waals surface area contributed by atoms with Crippen LogP contribution in [-0.4, -0.2) is 177 Å². The number of nitrogens with zero attached hydrogens (tertiary/aromatic N) is 13. The first-order valence-electron chi connectivity index (χ1n) is 25.4. The van der Waals surface area contributed by atoms with E-state index in [2.05, 4.69) is 69.4 Å². The smallest absolute Gasteiger partial charge is 0.247 e. The summed E-state index contributed by atoms with van der Waals surface area (Å²) in [5, 5.41) is 30.8. The summed E-state index contributed by atoms with van der Waals surface area (Å²) in [7, 11) is 0. The highest BCUT2D eigenvalue weighted by Crippen LogP contribution is 2.26. The number of carbonyl (C=O) groups is 2. The van der Waals surface area contributed by atoms with Crippen molar-refractivity contribution in [2.24, 2.45) is 29.0 Å². The maximum atomic E-state index is 14.5. The van der Waals surface area contributed by atoms with Gasteiger partial charge in [0.05, 0.1) is 68.9 Å².